The second-order valence-corrected chi connectivity index (χ2v) is 10.3. The average molecular weight is 433 g/mol. The summed E-state index contributed by atoms with van der Waals surface area (Å²) in [5.41, 5.74) is 2.82. The van der Waals surface area contributed by atoms with Crippen LogP contribution in [0.1, 0.15) is 104 Å². The molecule has 5 atom stereocenters. The fraction of sp³-hybridized carbons (Fsp3) is 0.778. The number of allylic oxidation sites excluding steroid dienone is 4. The SMILES string of the molecule is CC(C)=CCCC(C)CCCC(=O)[C@H]1[C@@H]2CC(CCCCCCC(=O)O)=C[C@@H]2C[C@@H]1O. The molecule has 0 aromatic rings. The van der Waals surface area contributed by atoms with Crippen LogP contribution in [0.4, 0.5) is 0 Å². The summed E-state index contributed by atoms with van der Waals surface area (Å²) in [5, 5.41) is 19.2. The van der Waals surface area contributed by atoms with Gasteiger partial charge in [0.2, 0.25) is 0 Å². The van der Waals surface area contributed by atoms with E-state index in [1.807, 2.05) is 0 Å². The van der Waals surface area contributed by atoms with Crippen molar-refractivity contribution in [3.05, 3.63) is 23.3 Å². The van der Waals surface area contributed by atoms with Crippen LogP contribution in [0.2, 0.25) is 0 Å². The normalized spacial score (nSPS) is 25.7. The van der Waals surface area contributed by atoms with Crippen LogP contribution < -0.4 is 0 Å². The van der Waals surface area contributed by atoms with Crippen LogP contribution in [-0.2, 0) is 9.59 Å². The van der Waals surface area contributed by atoms with Crippen molar-refractivity contribution in [2.75, 3.05) is 0 Å². The van der Waals surface area contributed by atoms with E-state index in [0.29, 0.717) is 24.2 Å². The molecule has 0 aromatic heterocycles. The summed E-state index contributed by atoms with van der Waals surface area (Å²) < 4.78 is 0. The molecule has 2 N–H and O–H groups in total. The van der Waals surface area contributed by atoms with E-state index in [4.69, 9.17) is 5.11 Å². The lowest BCUT2D eigenvalue weighted by atomic mass is 9.84. The van der Waals surface area contributed by atoms with Crippen molar-refractivity contribution in [3.63, 3.8) is 0 Å². The molecule has 0 saturated heterocycles. The number of hydrogen-bond acceptors (Lipinski definition) is 3. The molecule has 4 heteroatoms. The summed E-state index contributed by atoms with van der Waals surface area (Å²) in [7, 11) is 0. The maximum Gasteiger partial charge on any atom is 0.303 e. The minimum absolute atomic E-state index is 0.171. The van der Waals surface area contributed by atoms with Gasteiger partial charge in [-0.25, -0.2) is 0 Å². The first-order valence-electron chi connectivity index (χ1n) is 12.5. The first kappa shape index (κ1) is 25.8. The molecule has 0 spiro atoms. The van der Waals surface area contributed by atoms with Crippen molar-refractivity contribution < 1.29 is 19.8 Å². The van der Waals surface area contributed by atoms with Crippen molar-refractivity contribution in [1.29, 1.82) is 0 Å². The van der Waals surface area contributed by atoms with Crippen LogP contribution in [0.15, 0.2) is 23.3 Å². The van der Waals surface area contributed by atoms with Gasteiger partial charge in [0.25, 0.3) is 0 Å². The highest BCUT2D eigenvalue weighted by Gasteiger charge is 2.47. The molecule has 2 aliphatic carbocycles. The Kier molecular flexibility index (Phi) is 11.0. The Labute approximate surface area is 189 Å². The third kappa shape index (κ3) is 8.92. The van der Waals surface area contributed by atoms with Gasteiger partial charge in [-0.05, 0) is 83.0 Å². The number of Topliss-reactive ketones (excluding diaryl/α,β-unsaturated/α-hetero) is 1. The van der Waals surface area contributed by atoms with Crippen LogP contribution in [0.5, 0.6) is 0 Å². The zero-order valence-electron chi connectivity index (χ0n) is 19.9. The summed E-state index contributed by atoms with van der Waals surface area (Å²) >= 11 is 0. The van der Waals surface area contributed by atoms with Gasteiger partial charge in [-0.3, -0.25) is 9.59 Å². The number of carbonyl (C=O) groups excluding carboxylic acids is 1. The molecule has 0 aliphatic heterocycles. The smallest absolute Gasteiger partial charge is 0.303 e. The van der Waals surface area contributed by atoms with Gasteiger partial charge in [0.1, 0.15) is 5.78 Å². The molecular formula is C27H44O4. The highest BCUT2D eigenvalue weighted by atomic mass is 16.4. The third-order valence-corrected chi connectivity index (χ3v) is 7.23. The van der Waals surface area contributed by atoms with E-state index in [9.17, 15) is 14.7 Å². The van der Waals surface area contributed by atoms with Crippen molar-refractivity contribution >= 4 is 11.8 Å². The summed E-state index contributed by atoms with van der Waals surface area (Å²) in [6, 6.07) is 0. The van der Waals surface area contributed by atoms with Crippen molar-refractivity contribution in [2.24, 2.45) is 23.7 Å². The molecule has 0 aromatic carbocycles. The summed E-state index contributed by atoms with van der Waals surface area (Å²) in [6.45, 7) is 6.54. The molecule has 31 heavy (non-hydrogen) atoms. The quantitative estimate of drug-likeness (QED) is 0.229. The minimum Gasteiger partial charge on any atom is -0.481 e. The Morgan fingerprint density at radius 3 is 2.55 bits per heavy atom. The number of carboxylic acids is 1. The number of carbonyl (C=O) groups is 2. The van der Waals surface area contributed by atoms with E-state index in [0.717, 1.165) is 64.2 Å². The van der Waals surface area contributed by atoms with E-state index in [1.54, 1.807) is 0 Å². The van der Waals surface area contributed by atoms with Crippen LogP contribution in [-0.4, -0.2) is 28.1 Å². The lowest BCUT2D eigenvalue weighted by Crippen LogP contribution is -2.28. The molecular weight excluding hydrogens is 388 g/mol. The van der Waals surface area contributed by atoms with Gasteiger partial charge in [0.15, 0.2) is 0 Å². The van der Waals surface area contributed by atoms with Gasteiger partial charge < -0.3 is 10.2 Å². The van der Waals surface area contributed by atoms with Gasteiger partial charge >= 0.3 is 5.97 Å². The number of ketones is 1. The van der Waals surface area contributed by atoms with Crippen molar-refractivity contribution in [1.82, 2.24) is 0 Å². The summed E-state index contributed by atoms with van der Waals surface area (Å²) in [6.07, 6.45) is 16.0. The number of fused-ring (bicyclic) bond motifs is 1. The first-order chi connectivity index (χ1) is 14.8. The minimum atomic E-state index is -0.709. The predicted molar refractivity (Wildman–Crippen MR) is 126 cm³/mol. The maximum absolute atomic E-state index is 12.9. The van der Waals surface area contributed by atoms with Crippen LogP contribution >= 0.6 is 0 Å². The Balaban J connectivity index is 1.68. The van der Waals surface area contributed by atoms with Crippen molar-refractivity contribution in [3.8, 4) is 0 Å². The number of aliphatic hydroxyl groups is 1. The van der Waals surface area contributed by atoms with Gasteiger partial charge in [0, 0.05) is 18.8 Å². The van der Waals surface area contributed by atoms with Crippen LogP contribution in [0.25, 0.3) is 0 Å². The lowest BCUT2D eigenvalue weighted by Gasteiger charge is -2.21. The first-order valence-corrected chi connectivity index (χ1v) is 12.5. The molecule has 2 aliphatic rings. The summed E-state index contributed by atoms with van der Waals surface area (Å²) in [4.78, 5) is 23.5. The molecule has 4 nitrogen and oxygen atoms in total. The second-order valence-electron chi connectivity index (χ2n) is 10.3. The second kappa shape index (κ2) is 13.2. The number of unbranched alkanes of at least 4 members (excludes halogenated alkanes) is 3. The van der Waals surface area contributed by atoms with Gasteiger partial charge in [0.05, 0.1) is 6.10 Å². The Bertz CT molecular complexity index is 644. The highest BCUT2D eigenvalue weighted by molar-refractivity contribution is 5.82. The van der Waals surface area contributed by atoms with Crippen molar-refractivity contribution in [2.45, 2.75) is 110 Å². The molecule has 0 heterocycles. The van der Waals surface area contributed by atoms with E-state index in [1.165, 1.54) is 17.6 Å². The van der Waals surface area contributed by atoms with E-state index in [2.05, 4.69) is 32.9 Å². The maximum atomic E-state index is 12.9. The van der Waals surface area contributed by atoms with Gasteiger partial charge in [-0.2, -0.15) is 0 Å². The standard InChI is InChI=1S/C27H44O4/c1-19(2)10-8-11-20(3)12-9-14-24(28)27-23-17-21(16-22(23)18-25(27)29)13-6-4-5-7-15-26(30)31/h10,16,20,22-23,25,27,29H,4-9,11-15,17-18H2,1-3H3,(H,30,31)/t20?,22-,23-,25+,27-/m1/s1. The van der Waals surface area contributed by atoms with Gasteiger partial charge in [-0.15, -0.1) is 0 Å². The Morgan fingerprint density at radius 1 is 1.10 bits per heavy atom. The number of carboxylic acid groups (broad SMARTS) is 1. The average Bonchev–Trinajstić information content (AvgIpc) is 3.19. The molecule has 1 unspecified atom stereocenters. The molecule has 0 amide bonds. The molecule has 0 radical (unpaired) electrons. The van der Waals surface area contributed by atoms with E-state index < -0.39 is 12.1 Å². The molecule has 1 saturated carbocycles. The lowest BCUT2D eigenvalue weighted by molar-refractivity contribution is -0.137. The summed E-state index contributed by atoms with van der Waals surface area (Å²) in [5.74, 6) is 0.711. The molecule has 2 rings (SSSR count). The molecule has 1 fully saturated rings. The Morgan fingerprint density at radius 2 is 1.84 bits per heavy atom. The third-order valence-electron chi connectivity index (χ3n) is 7.23. The number of aliphatic carboxylic acids is 1. The largest absolute Gasteiger partial charge is 0.481 e. The monoisotopic (exact) mass is 432 g/mol. The topological polar surface area (TPSA) is 74.6 Å². The van der Waals surface area contributed by atoms with Gasteiger partial charge in [-0.1, -0.05) is 49.5 Å². The fourth-order valence-electron chi connectivity index (χ4n) is 5.51. The highest BCUT2D eigenvalue weighted by Crippen LogP contribution is 2.48. The number of aliphatic hydroxyl groups excluding tert-OH is 1. The van der Waals surface area contributed by atoms with Crippen LogP contribution in [0, 0.1) is 23.7 Å². The molecule has 176 valence electrons. The molecule has 0 bridgehead atoms. The number of hydrogen-bond donors (Lipinski definition) is 2. The number of rotatable bonds is 15. The van der Waals surface area contributed by atoms with E-state index >= 15 is 0 Å². The zero-order valence-corrected chi connectivity index (χ0v) is 19.9. The predicted octanol–water partition coefficient (Wildman–Crippen LogP) is 6.48. The van der Waals surface area contributed by atoms with Crippen LogP contribution in [0.3, 0.4) is 0 Å². The zero-order chi connectivity index (χ0) is 22.8. The fourth-order valence-corrected chi connectivity index (χ4v) is 5.51. The Hall–Kier alpha value is -1.42. The van der Waals surface area contributed by atoms with E-state index in [-0.39, 0.29) is 18.1 Å².